The molecule has 1 aliphatic rings. The molecular weight excluding hydrogens is 396 g/mol. The van der Waals surface area contributed by atoms with Gasteiger partial charge >= 0.3 is 0 Å². The lowest BCUT2D eigenvalue weighted by molar-refractivity contribution is 0.0661. The summed E-state index contributed by atoms with van der Waals surface area (Å²) in [6, 6.07) is 17.3. The predicted octanol–water partition coefficient (Wildman–Crippen LogP) is 4.96. The van der Waals surface area contributed by atoms with Gasteiger partial charge < -0.3 is 14.4 Å². The molecule has 0 N–H and O–H groups in total. The Bertz CT molecular complexity index is 948. The van der Waals surface area contributed by atoms with E-state index < -0.39 is 0 Å². The zero-order valence-corrected chi connectivity index (χ0v) is 17.9. The molecule has 0 bridgehead atoms. The predicted molar refractivity (Wildman–Crippen MR) is 118 cm³/mol. The highest BCUT2D eigenvalue weighted by atomic mass is 32.1. The third-order valence-corrected chi connectivity index (χ3v) is 6.11. The average molecular weight is 423 g/mol. The molecule has 30 heavy (non-hydrogen) atoms. The Kier molecular flexibility index (Phi) is 6.64. The average Bonchev–Trinajstić information content (AvgIpc) is 3.22. The molecule has 0 aliphatic carbocycles. The number of piperidine rings is 1. The Morgan fingerprint density at radius 1 is 1.03 bits per heavy atom. The molecule has 3 aromatic rings. The number of rotatable bonds is 7. The molecular formula is C24H26N2O3S. The highest BCUT2D eigenvalue weighted by molar-refractivity contribution is 7.09. The lowest BCUT2D eigenvalue weighted by atomic mass is 9.97. The van der Waals surface area contributed by atoms with E-state index >= 15 is 0 Å². The molecule has 2 aromatic carbocycles. The minimum atomic E-state index is 0.0825. The van der Waals surface area contributed by atoms with Crippen molar-refractivity contribution in [2.75, 3.05) is 19.7 Å². The first-order chi connectivity index (χ1) is 14.7. The van der Waals surface area contributed by atoms with Crippen LogP contribution in [-0.4, -0.2) is 35.5 Å². The summed E-state index contributed by atoms with van der Waals surface area (Å²) in [5.41, 5.74) is 1.63. The standard InChI is InChI=1S/C24H26N2O3S/c1-18-25-21(17-30-18)16-29-23-9-7-20(8-10-23)24(27)26-13-11-19(12-14-26)15-28-22-5-3-2-4-6-22/h2-10,17,19H,11-16H2,1H3. The van der Waals surface area contributed by atoms with Crippen LogP contribution >= 0.6 is 11.3 Å². The fourth-order valence-electron chi connectivity index (χ4n) is 3.54. The Hall–Kier alpha value is -2.86. The van der Waals surface area contributed by atoms with Crippen LogP contribution in [0, 0.1) is 12.8 Å². The molecule has 0 atom stereocenters. The minimum absolute atomic E-state index is 0.0825. The SMILES string of the molecule is Cc1nc(COc2ccc(C(=O)N3CCC(COc4ccccc4)CC3)cc2)cs1. The van der Waals surface area contributed by atoms with Gasteiger partial charge in [-0.1, -0.05) is 18.2 Å². The van der Waals surface area contributed by atoms with Gasteiger partial charge in [-0.15, -0.1) is 11.3 Å². The van der Waals surface area contributed by atoms with Crippen molar-refractivity contribution in [3.8, 4) is 11.5 Å². The topological polar surface area (TPSA) is 51.7 Å². The highest BCUT2D eigenvalue weighted by Gasteiger charge is 2.24. The highest BCUT2D eigenvalue weighted by Crippen LogP contribution is 2.22. The summed E-state index contributed by atoms with van der Waals surface area (Å²) >= 11 is 1.61. The van der Waals surface area contributed by atoms with E-state index in [-0.39, 0.29) is 5.91 Å². The van der Waals surface area contributed by atoms with Gasteiger partial charge in [0.25, 0.3) is 5.91 Å². The summed E-state index contributed by atoms with van der Waals surface area (Å²) in [7, 11) is 0. The van der Waals surface area contributed by atoms with Crippen LogP contribution in [0.5, 0.6) is 11.5 Å². The van der Waals surface area contributed by atoms with Crippen LogP contribution in [0.25, 0.3) is 0 Å². The number of para-hydroxylation sites is 1. The van der Waals surface area contributed by atoms with Crippen molar-refractivity contribution in [2.45, 2.75) is 26.4 Å². The van der Waals surface area contributed by atoms with Gasteiger partial charge in [-0.3, -0.25) is 4.79 Å². The minimum Gasteiger partial charge on any atom is -0.493 e. The van der Waals surface area contributed by atoms with Gasteiger partial charge in [0.2, 0.25) is 0 Å². The number of ether oxygens (including phenoxy) is 2. The maximum Gasteiger partial charge on any atom is 0.253 e. The molecule has 0 spiro atoms. The number of nitrogens with zero attached hydrogens (tertiary/aromatic N) is 2. The second-order valence-corrected chi connectivity index (χ2v) is 8.59. The van der Waals surface area contributed by atoms with Crippen LogP contribution in [0.1, 0.15) is 33.9 Å². The van der Waals surface area contributed by atoms with Gasteiger partial charge in [0.05, 0.1) is 17.3 Å². The first-order valence-corrected chi connectivity index (χ1v) is 11.2. The van der Waals surface area contributed by atoms with E-state index in [9.17, 15) is 4.79 Å². The van der Waals surface area contributed by atoms with E-state index in [0.717, 1.165) is 48.1 Å². The summed E-state index contributed by atoms with van der Waals surface area (Å²) < 4.78 is 11.6. The van der Waals surface area contributed by atoms with E-state index in [1.54, 1.807) is 11.3 Å². The summed E-state index contributed by atoms with van der Waals surface area (Å²) in [6.45, 7) is 4.66. The van der Waals surface area contributed by atoms with Crippen molar-refractivity contribution >= 4 is 17.2 Å². The van der Waals surface area contributed by atoms with Crippen LogP contribution < -0.4 is 9.47 Å². The van der Waals surface area contributed by atoms with Crippen LogP contribution in [0.3, 0.4) is 0 Å². The number of hydrogen-bond acceptors (Lipinski definition) is 5. The van der Waals surface area contributed by atoms with E-state index in [4.69, 9.17) is 9.47 Å². The third kappa shape index (κ3) is 5.39. The maximum atomic E-state index is 12.8. The fourth-order valence-corrected chi connectivity index (χ4v) is 4.14. The van der Waals surface area contributed by atoms with E-state index in [1.165, 1.54) is 0 Å². The molecule has 6 heteroatoms. The first-order valence-electron chi connectivity index (χ1n) is 10.3. The fraction of sp³-hybridized carbons (Fsp3) is 0.333. The summed E-state index contributed by atoms with van der Waals surface area (Å²) in [5, 5.41) is 3.03. The van der Waals surface area contributed by atoms with Crippen LogP contribution in [-0.2, 0) is 6.61 Å². The lowest BCUT2D eigenvalue weighted by Gasteiger charge is -2.32. The lowest BCUT2D eigenvalue weighted by Crippen LogP contribution is -2.39. The van der Waals surface area contributed by atoms with Gasteiger partial charge in [0.15, 0.2) is 0 Å². The molecule has 0 unspecified atom stereocenters. The van der Waals surface area contributed by atoms with Gasteiger partial charge in [-0.05, 0) is 62.1 Å². The van der Waals surface area contributed by atoms with Crippen molar-refractivity contribution in [3.63, 3.8) is 0 Å². The van der Waals surface area contributed by atoms with Gasteiger partial charge in [0.1, 0.15) is 18.1 Å². The largest absolute Gasteiger partial charge is 0.493 e. The van der Waals surface area contributed by atoms with Crippen LogP contribution in [0.2, 0.25) is 0 Å². The zero-order valence-electron chi connectivity index (χ0n) is 17.1. The van der Waals surface area contributed by atoms with Crippen LogP contribution in [0.15, 0.2) is 60.0 Å². The monoisotopic (exact) mass is 422 g/mol. The van der Waals surface area contributed by atoms with Crippen molar-refractivity contribution in [1.82, 2.24) is 9.88 Å². The van der Waals surface area contributed by atoms with Gasteiger partial charge in [-0.2, -0.15) is 0 Å². The van der Waals surface area contributed by atoms with Crippen molar-refractivity contribution in [1.29, 1.82) is 0 Å². The summed E-state index contributed by atoms with van der Waals surface area (Å²) in [6.07, 6.45) is 1.93. The first kappa shape index (κ1) is 20.4. The number of aryl methyl sites for hydroxylation is 1. The third-order valence-electron chi connectivity index (χ3n) is 5.29. The van der Waals surface area contributed by atoms with E-state index in [1.807, 2.05) is 71.8 Å². The van der Waals surface area contributed by atoms with E-state index in [2.05, 4.69) is 4.98 Å². The Morgan fingerprint density at radius 2 is 1.73 bits per heavy atom. The Morgan fingerprint density at radius 3 is 2.40 bits per heavy atom. The maximum absolute atomic E-state index is 12.8. The number of benzene rings is 2. The Balaban J connectivity index is 1.23. The second kappa shape index (κ2) is 9.76. The molecule has 1 aliphatic heterocycles. The van der Waals surface area contributed by atoms with Gasteiger partial charge in [-0.25, -0.2) is 4.98 Å². The van der Waals surface area contributed by atoms with Crippen molar-refractivity contribution < 1.29 is 14.3 Å². The molecule has 1 fully saturated rings. The normalized spacial score (nSPS) is 14.5. The number of likely N-dealkylation sites (tertiary alicyclic amines) is 1. The molecule has 1 amide bonds. The summed E-state index contributed by atoms with van der Waals surface area (Å²) in [5.74, 6) is 2.22. The smallest absolute Gasteiger partial charge is 0.253 e. The molecule has 0 saturated carbocycles. The second-order valence-electron chi connectivity index (χ2n) is 7.53. The molecule has 2 heterocycles. The number of aromatic nitrogens is 1. The number of carbonyl (C=O) groups is 1. The molecule has 156 valence electrons. The zero-order chi connectivity index (χ0) is 20.8. The molecule has 1 aromatic heterocycles. The number of amides is 1. The van der Waals surface area contributed by atoms with E-state index in [0.29, 0.717) is 24.7 Å². The molecule has 0 radical (unpaired) electrons. The summed E-state index contributed by atoms with van der Waals surface area (Å²) in [4.78, 5) is 19.2. The van der Waals surface area contributed by atoms with Crippen molar-refractivity contribution in [2.24, 2.45) is 5.92 Å². The molecule has 1 saturated heterocycles. The molecule has 5 nitrogen and oxygen atoms in total. The number of hydrogen-bond donors (Lipinski definition) is 0. The van der Waals surface area contributed by atoms with Crippen LogP contribution in [0.4, 0.5) is 0 Å². The quantitative estimate of drug-likeness (QED) is 0.540. The number of carbonyl (C=O) groups excluding carboxylic acids is 1. The number of thiazole rings is 1. The molecule has 4 rings (SSSR count). The Labute approximate surface area is 181 Å². The van der Waals surface area contributed by atoms with Gasteiger partial charge in [0, 0.05) is 24.0 Å². The van der Waals surface area contributed by atoms with Crippen molar-refractivity contribution in [3.05, 3.63) is 76.2 Å².